The molecule has 1 saturated heterocycles. The molecule has 0 spiro atoms. The Kier molecular flexibility index (Phi) is 6.18. The number of morpholine rings is 1. The van der Waals surface area contributed by atoms with Crippen LogP contribution in [-0.4, -0.2) is 56.0 Å². The topological polar surface area (TPSA) is 109 Å². The van der Waals surface area contributed by atoms with Gasteiger partial charge < -0.3 is 15.0 Å². The first-order valence-corrected chi connectivity index (χ1v) is 12.3. The van der Waals surface area contributed by atoms with Crippen molar-refractivity contribution >= 4 is 26.8 Å². The molecule has 9 heteroatoms. The van der Waals surface area contributed by atoms with Crippen LogP contribution in [0.4, 0.5) is 0 Å². The van der Waals surface area contributed by atoms with E-state index in [4.69, 9.17) is 4.74 Å². The number of rotatable bonds is 4. The van der Waals surface area contributed by atoms with Crippen LogP contribution >= 0.6 is 0 Å². The molecule has 31 heavy (non-hydrogen) atoms. The standard InChI is InChI=1S/C22H29N3O5S/c1-14-4-3-5-19(15(14)2)24-22(27)18-13-23-20-7-6-16(12-17(20)21(18)26)31(28,29)25-8-10-30-11-9-25/h6-7,12-15,19H,3-5,8-11H2,1-2H3,(H,23,26)(H,24,27)/t14-,15+,19-/m1/s1. The minimum atomic E-state index is -3.74. The molecule has 1 aromatic heterocycles. The molecular weight excluding hydrogens is 418 g/mol. The Morgan fingerprint density at radius 1 is 1.19 bits per heavy atom. The summed E-state index contributed by atoms with van der Waals surface area (Å²) in [6.45, 7) is 5.55. The predicted octanol–water partition coefficient (Wildman–Crippen LogP) is 2.10. The van der Waals surface area contributed by atoms with E-state index < -0.39 is 21.4 Å². The highest BCUT2D eigenvalue weighted by atomic mass is 32.2. The van der Waals surface area contributed by atoms with Crippen molar-refractivity contribution in [1.82, 2.24) is 14.6 Å². The number of ether oxygens (including phenoxy) is 1. The van der Waals surface area contributed by atoms with Gasteiger partial charge in [-0.3, -0.25) is 9.59 Å². The van der Waals surface area contributed by atoms with E-state index in [1.807, 2.05) is 0 Å². The Hall–Kier alpha value is -2.23. The molecule has 3 atom stereocenters. The van der Waals surface area contributed by atoms with Crippen LogP contribution in [0, 0.1) is 11.8 Å². The third-order valence-corrected chi connectivity index (χ3v) is 8.62. The van der Waals surface area contributed by atoms with E-state index in [0.29, 0.717) is 30.6 Å². The van der Waals surface area contributed by atoms with E-state index in [1.54, 1.807) is 6.07 Å². The van der Waals surface area contributed by atoms with Gasteiger partial charge in [0.05, 0.1) is 18.1 Å². The van der Waals surface area contributed by atoms with E-state index in [2.05, 4.69) is 24.1 Å². The number of pyridine rings is 1. The van der Waals surface area contributed by atoms with Gasteiger partial charge >= 0.3 is 0 Å². The molecule has 8 nitrogen and oxygen atoms in total. The molecule has 2 aromatic rings. The normalized spacial score (nSPS) is 25.4. The lowest BCUT2D eigenvalue weighted by Crippen LogP contribution is -2.44. The maximum absolute atomic E-state index is 13.1. The minimum absolute atomic E-state index is 0.00107. The Labute approximate surface area is 182 Å². The third kappa shape index (κ3) is 4.26. The van der Waals surface area contributed by atoms with Crippen LogP contribution in [0.1, 0.15) is 43.5 Å². The summed E-state index contributed by atoms with van der Waals surface area (Å²) in [6.07, 6.45) is 4.50. The van der Waals surface area contributed by atoms with Crippen LogP contribution in [0.5, 0.6) is 0 Å². The van der Waals surface area contributed by atoms with Crippen molar-refractivity contribution in [3.05, 3.63) is 40.2 Å². The van der Waals surface area contributed by atoms with Gasteiger partial charge in [-0.05, 0) is 36.5 Å². The number of hydrogen-bond acceptors (Lipinski definition) is 5. The second kappa shape index (κ2) is 8.72. The summed E-state index contributed by atoms with van der Waals surface area (Å²) < 4.78 is 32.5. The molecule has 2 N–H and O–H groups in total. The summed E-state index contributed by atoms with van der Waals surface area (Å²) in [7, 11) is -3.74. The largest absolute Gasteiger partial charge is 0.379 e. The van der Waals surface area contributed by atoms with Crippen LogP contribution < -0.4 is 10.7 Å². The number of carbonyl (C=O) groups is 1. The van der Waals surface area contributed by atoms with E-state index >= 15 is 0 Å². The van der Waals surface area contributed by atoms with Crippen molar-refractivity contribution in [3.63, 3.8) is 0 Å². The predicted molar refractivity (Wildman–Crippen MR) is 118 cm³/mol. The zero-order valence-electron chi connectivity index (χ0n) is 17.9. The summed E-state index contributed by atoms with van der Waals surface area (Å²) in [5.74, 6) is 0.430. The van der Waals surface area contributed by atoms with Crippen molar-refractivity contribution in [2.24, 2.45) is 11.8 Å². The maximum atomic E-state index is 13.1. The monoisotopic (exact) mass is 447 g/mol. The van der Waals surface area contributed by atoms with Gasteiger partial charge in [-0.25, -0.2) is 8.42 Å². The minimum Gasteiger partial charge on any atom is -0.379 e. The average molecular weight is 448 g/mol. The van der Waals surface area contributed by atoms with Gasteiger partial charge in [-0.2, -0.15) is 4.31 Å². The number of hydrogen-bond donors (Lipinski definition) is 2. The van der Waals surface area contributed by atoms with Crippen LogP contribution in [0.2, 0.25) is 0 Å². The van der Waals surface area contributed by atoms with Gasteiger partial charge in [-0.15, -0.1) is 0 Å². The number of amides is 1. The number of sulfonamides is 1. The second-order valence-corrected chi connectivity index (χ2v) is 10.5. The fourth-order valence-corrected chi connectivity index (χ4v) is 5.93. The van der Waals surface area contributed by atoms with Crippen LogP contribution in [0.25, 0.3) is 10.9 Å². The molecule has 2 fully saturated rings. The zero-order chi connectivity index (χ0) is 22.2. The number of nitrogens with one attached hydrogen (secondary N) is 2. The number of aromatic nitrogens is 1. The van der Waals surface area contributed by atoms with Gasteiger partial charge in [-0.1, -0.05) is 26.7 Å². The first-order chi connectivity index (χ1) is 14.8. The van der Waals surface area contributed by atoms with E-state index in [9.17, 15) is 18.0 Å². The number of aromatic amines is 1. The molecule has 1 aromatic carbocycles. The number of fused-ring (bicyclic) bond motifs is 1. The van der Waals surface area contributed by atoms with E-state index in [0.717, 1.165) is 19.3 Å². The highest BCUT2D eigenvalue weighted by Gasteiger charge is 2.30. The van der Waals surface area contributed by atoms with E-state index in [-0.39, 0.29) is 35.0 Å². The third-order valence-electron chi connectivity index (χ3n) is 6.73. The van der Waals surface area contributed by atoms with Crippen LogP contribution in [0.3, 0.4) is 0 Å². The lowest BCUT2D eigenvalue weighted by atomic mass is 9.78. The fourth-order valence-electron chi connectivity index (χ4n) is 4.49. The highest BCUT2D eigenvalue weighted by Crippen LogP contribution is 2.29. The average Bonchev–Trinajstić information content (AvgIpc) is 2.77. The summed E-state index contributed by atoms with van der Waals surface area (Å²) in [5, 5.41) is 3.21. The lowest BCUT2D eigenvalue weighted by Gasteiger charge is -2.34. The molecule has 2 heterocycles. The quantitative estimate of drug-likeness (QED) is 0.746. The Bertz CT molecular complexity index is 1140. The molecule has 0 bridgehead atoms. The van der Waals surface area contributed by atoms with Gasteiger partial charge in [0.2, 0.25) is 15.5 Å². The smallest absolute Gasteiger partial charge is 0.256 e. The Balaban J connectivity index is 1.65. The summed E-state index contributed by atoms with van der Waals surface area (Å²) in [5.41, 5.74) is 0.0165. The Morgan fingerprint density at radius 3 is 2.68 bits per heavy atom. The van der Waals surface area contributed by atoms with Crippen LogP contribution in [-0.2, 0) is 14.8 Å². The van der Waals surface area contributed by atoms with Crippen molar-refractivity contribution in [2.75, 3.05) is 26.3 Å². The zero-order valence-corrected chi connectivity index (χ0v) is 18.7. The summed E-state index contributed by atoms with van der Waals surface area (Å²) in [6, 6.07) is 4.44. The fraction of sp³-hybridized carbons (Fsp3) is 0.545. The molecule has 1 amide bonds. The van der Waals surface area contributed by atoms with Gasteiger partial charge in [0.1, 0.15) is 5.56 Å². The van der Waals surface area contributed by atoms with Crippen molar-refractivity contribution in [2.45, 2.75) is 44.0 Å². The van der Waals surface area contributed by atoms with Gasteiger partial charge in [0.15, 0.2) is 0 Å². The first-order valence-electron chi connectivity index (χ1n) is 10.8. The number of benzene rings is 1. The first kappa shape index (κ1) is 22.0. The highest BCUT2D eigenvalue weighted by molar-refractivity contribution is 7.89. The molecule has 1 saturated carbocycles. The molecule has 2 aliphatic rings. The molecule has 168 valence electrons. The summed E-state index contributed by atoms with van der Waals surface area (Å²) in [4.78, 5) is 29.0. The Morgan fingerprint density at radius 2 is 1.94 bits per heavy atom. The second-order valence-electron chi connectivity index (χ2n) is 8.60. The molecule has 0 radical (unpaired) electrons. The SMILES string of the molecule is C[C@H]1[C@H](C)CCC[C@H]1NC(=O)c1c[nH]c2ccc(S(=O)(=O)N3CCOCC3)cc2c1=O. The van der Waals surface area contributed by atoms with Crippen molar-refractivity contribution in [1.29, 1.82) is 0 Å². The van der Waals surface area contributed by atoms with Crippen molar-refractivity contribution < 1.29 is 17.9 Å². The number of H-pyrrole nitrogens is 1. The van der Waals surface area contributed by atoms with Crippen molar-refractivity contribution in [3.8, 4) is 0 Å². The number of carbonyl (C=O) groups excluding carboxylic acids is 1. The molecule has 0 unspecified atom stereocenters. The van der Waals surface area contributed by atoms with E-state index in [1.165, 1.54) is 22.6 Å². The van der Waals surface area contributed by atoms with Gasteiger partial charge in [0.25, 0.3) is 5.91 Å². The molecule has 1 aliphatic heterocycles. The molecule has 1 aliphatic carbocycles. The van der Waals surface area contributed by atoms with Gasteiger partial charge in [0, 0.05) is 36.2 Å². The maximum Gasteiger partial charge on any atom is 0.256 e. The molecule has 4 rings (SSSR count). The summed E-state index contributed by atoms with van der Waals surface area (Å²) >= 11 is 0. The van der Waals surface area contributed by atoms with Crippen LogP contribution in [0.15, 0.2) is 34.1 Å². The number of nitrogens with zero attached hydrogens (tertiary/aromatic N) is 1. The lowest BCUT2D eigenvalue weighted by molar-refractivity contribution is 0.0730. The molecular formula is C22H29N3O5S.